The average molecular weight is 176 g/mol. The number of carbonyl (C=O) groups is 1. The van der Waals surface area contributed by atoms with E-state index in [1.54, 1.807) is 0 Å². The summed E-state index contributed by atoms with van der Waals surface area (Å²) in [5, 5.41) is 0. The molecule has 13 heavy (non-hydrogen) atoms. The van der Waals surface area contributed by atoms with Crippen LogP contribution in [0.5, 0.6) is 0 Å². The summed E-state index contributed by atoms with van der Waals surface area (Å²) >= 11 is 0. The molecule has 0 spiro atoms. The monoisotopic (exact) mass is 176 g/mol. The fourth-order valence-electron chi connectivity index (χ4n) is 1.47. The van der Waals surface area contributed by atoms with Crippen LogP contribution in [0.25, 0.3) is 0 Å². The molecule has 0 bridgehead atoms. The van der Waals surface area contributed by atoms with Gasteiger partial charge in [-0.2, -0.15) is 0 Å². The standard InChI is InChI=1S/C12H16O/c1-9(2)6-11-4-5-12(8-13)10(3)7-11/h4-5,7-9H,6H2,1-3H3. The smallest absolute Gasteiger partial charge is 0.150 e. The van der Waals surface area contributed by atoms with Crippen LogP contribution in [0.15, 0.2) is 18.2 Å². The Bertz CT molecular complexity index is 300. The summed E-state index contributed by atoms with van der Waals surface area (Å²) in [6, 6.07) is 6.04. The first-order valence-corrected chi connectivity index (χ1v) is 4.68. The van der Waals surface area contributed by atoms with Crippen molar-refractivity contribution >= 4 is 6.29 Å². The van der Waals surface area contributed by atoms with Gasteiger partial charge in [-0.15, -0.1) is 0 Å². The molecule has 70 valence electrons. The van der Waals surface area contributed by atoms with Crippen LogP contribution >= 0.6 is 0 Å². The third-order valence-corrected chi connectivity index (χ3v) is 2.11. The molecule has 0 N–H and O–H groups in total. The normalized spacial score (nSPS) is 10.5. The van der Waals surface area contributed by atoms with Crippen LogP contribution in [-0.2, 0) is 6.42 Å². The lowest BCUT2D eigenvalue weighted by molar-refractivity contribution is 0.112. The Morgan fingerprint density at radius 2 is 2.08 bits per heavy atom. The molecule has 1 nitrogen and oxygen atoms in total. The first-order valence-electron chi connectivity index (χ1n) is 4.68. The highest BCUT2D eigenvalue weighted by atomic mass is 16.1. The van der Waals surface area contributed by atoms with Crippen LogP contribution in [0.3, 0.4) is 0 Å². The van der Waals surface area contributed by atoms with Gasteiger partial charge < -0.3 is 0 Å². The van der Waals surface area contributed by atoms with E-state index in [4.69, 9.17) is 0 Å². The number of hydrogen-bond donors (Lipinski definition) is 0. The van der Waals surface area contributed by atoms with Gasteiger partial charge in [0.15, 0.2) is 0 Å². The molecule has 0 amide bonds. The van der Waals surface area contributed by atoms with Gasteiger partial charge in [0.25, 0.3) is 0 Å². The van der Waals surface area contributed by atoms with Crippen molar-refractivity contribution in [3.05, 3.63) is 34.9 Å². The largest absolute Gasteiger partial charge is 0.298 e. The molecule has 1 heteroatoms. The molecule has 0 unspecified atom stereocenters. The van der Waals surface area contributed by atoms with Crippen molar-refractivity contribution in [3.8, 4) is 0 Å². The van der Waals surface area contributed by atoms with Gasteiger partial charge in [-0.3, -0.25) is 4.79 Å². The van der Waals surface area contributed by atoms with Crippen molar-refractivity contribution in [1.82, 2.24) is 0 Å². The topological polar surface area (TPSA) is 17.1 Å². The molecular formula is C12H16O. The number of benzene rings is 1. The Morgan fingerprint density at radius 1 is 1.38 bits per heavy atom. The van der Waals surface area contributed by atoms with Crippen molar-refractivity contribution in [1.29, 1.82) is 0 Å². The van der Waals surface area contributed by atoms with Gasteiger partial charge >= 0.3 is 0 Å². The van der Waals surface area contributed by atoms with Crippen molar-refractivity contribution in [2.45, 2.75) is 27.2 Å². The predicted octanol–water partition coefficient (Wildman–Crippen LogP) is 3.01. The molecular weight excluding hydrogens is 160 g/mol. The zero-order valence-corrected chi connectivity index (χ0v) is 8.50. The molecule has 0 saturated heterocycles. The van der Waals surface area contributed by atoms with Crippen molar-refractivity contribution < 1.29 is 4.79 Å². The second-order valence-corrected chi connectivity index (χ2v) is 3.91. The van der Waals surface area contributed by atoms with Gasteiger partial charge in [-0.1, -0.05) is 32.0 Å². The Balaban J connectivity index is 2.89. The molecule has 0 aromatic heterocycles. The number of aryl methyl sites for hydroxylation is 1. The molecule has 1 aromatic carbocycles. The third-order valence-electron chi connectivity index (χ3n) is 2.11. The summed E-state index contributed by atoms with van der Waals surface area (Å²) in [5.74, 6) is 0.668. The number of hydrogen-bond acceptors (Lipinski definition) is 1. The maximum atomic E-state index is 10.6. The van der Waals surface area contributed by atoms with Crippen molar-refractivity contribution in [2.24, 2.45) is 5.92 Å². The summed E-state index contributed by atoms with van der Waals surface area (Å²) < 4.78 is 0. The lowest BCUT2D eigenvalue weighted by Gasteiger charge is -2.06. The fourth-order valence-corrected chi connectivity index (χ4v) is 1.47. The van der Waals surface area contributed by atoms with Gasteiger partial charge in [0.1, 0.15) is 6.29 Å². The summed E-state index contributed by atoms with van der Waals surface area (Å²) in [7, 11) is 0. The van der Waals surface area contributed by atoms with Gasteiger partial charge in [0.05, 0.1) is 0 Å². The van der Waals surface area contributed by atoms with E-state index in [9.17, 15) is 4.79 Å². The molecule has 0 aliphatic rings. The van der Waals surface area contributed by atoms with Gasteiger partial charge in [-0.25, -0.2) is 0 Å². The minimum Gasteiger partial charge on any atom is -0.298 e. The molecule has 0 atom stereocenters. The number of rotatable bonds is 3. The molecule has 0 aliphatic carbocycles. The quantitative estimate of drug-likeness (QED) is 0.647. The SMILES string of the molecule is Cc1cc(CC(C)C)ccc1C=O. The maximum absolute atomic E-state index is 10.6. The zero-order valence-electron chi connectivity index (χ0n) is 8.50. The van der Waals surface area contributed by atoms with Crippen LogP contribution in [0.1, 0.15) is 35.3 Å². The van der Waals surface area contributed by atoms with Gasteiger partial charge in [0, 0.05) is 5.56 Å². The molecule has 0 fully saturated rings. The van der Waals surface area contributed by atoms with Crippen molar-refractivity contribution in [2.75, 3.05) is 0 Å². The van der Waals surface area contributed by atoms with Crippen LogP contribution < -0.4 is 0 Å². The van der Waals surface area contributed by atoms with Gasteiger partial charge in [-0.05, 0) is 30.4 Å². The highest BCUT2D eigenvalue weighted by molar-refractivity contribution is 5.77. The summed E-state index contributed by atoms with van der Waals surface area (Å²) in [5.41, 5.74) is 3.19. The van der Waals surface area contributed by atoms with E-state index in [1.807, 2.05) is 19.1 Å². The van der Waals surface area contributed by atoms with Crippen molar-refractivity contribution in [3.63, 3.8) is 0 Å². The van der Waals surface area contributed by atoms with E-state index in [1.165, 1.54) is 5.56 Å². The highest BCUT2D eigenvalue weighted by Crippen LogP contribution is 2.12. The van der Waals surface area contributed by atoms with Crippen LogP contribution in [0.4, 0.5) is 0 Å². The zero-order chi connectivity index (χ0) is 9.84. The average Bonchev–Trinajstić information content (AvgIpc) is 2.03. The fraction of sp³-hybridized carbons (Fsp3) is 0.417. The van der Waals surface area contributed by atoms with E-state index in [0.717, 1.165) is 23.8 Å². The Morgan fingerprint density at radius 3 is 2.54 bits per heavy atom. The first-order chi connectivity index (χ1) is 6.13. The van der Waals surface area contributed by atoms with Crippen LogP contribution in [0.2, 0.25) is 0 Å². The van der Waals surface area contributed by atoms with Crippen LogP contribution in [-0.4, -0.2) is 6.29 Å². The lowest BCUT2D eigenvalue weighted by Crippen LogP contribution is -1.96. The second-order valence-electron chi connectivity index (χ2n) is 3.91. The predicted molar refractivity (Wildman–Crippen MR) is 55.1 cm³/mol. The third kappa shape index (κ3) is 2.69. The van der Waals surface area contributed by atoms with E-state index in [-0.39, 0.29) is 0 Å². The summed E-state index contributed by atoms with van der Waals surface area (Å²) in [4.78, 5) is 10.6. The van der Waals surface area contributed by atoms with Gasteiger partial charge in [0.2, 0.25) is 0 Å². The molecule has 0 saturated carbocycles. The number of aldehydes is 1. The molecule has 0 radical (unpaired) electrons. The van der Waals surface area contributed by atoms with E-state index >= 15 is 0 Å². The van der Waals surface area contributed by atoms with Crippen LogP contribution in [0, 0.1) is 12.8 Å². The minimum atomic E-state index is 0.668. The molecule has 0 heterocycles. The summed E-state index contributed by atoms with van der Waals surface area (Å²) in [6.07, 6.45) is 1.99. The Labute approximate surface area is 79.8 Å². The molecule has 1 rings (SSSR count). The minimum absolute atomic E-state index is 0.668. The van der Waals surface area contributed by atoms with E-state index < -0.39 is 0 Å². The second kappa shape index (κ2) is 4.22. The highest BCUT2D eigenvalue weighted by Gasteiger charge is 2.00. The Hall–Kier alpha value is -1.11. The molecule has 0 aliphatic heterocycles. The maximum Gasteiger partial charge on any atom is 0.150 e. The van der Waals surface area contributed by atoms with E-state index in [0.29, 0.717) is 5.92 Å². The lowest BCUT2D eigenvalue weighted by atomic mass is 9.99. The number of carbonyl (C=O) groups excluding carboxylic acids is 1. The van der Waals surface area contributed by atoms with E-state index in [2.05, 4.69) is 19.9 Å². The first kappa shape index (κ1) is 9.97. The summed E-state index contributed by atoms with van der Waals surface area (Å²) in [6.45, 7) is 6.37. The molecule has 1 aromatic rings. The Kier molecular flexibility index (Phi) is 3.24.